The lowest BCUT2D eigenvalue weighted by molar-refractivity contribution is 0.0945. The minimum atomic E-state index is -0.177. The maximum absolute atomic E-state index is 12.2. The molecule has 0 aliphatic rings. The van der Waals surface area contributed by atoms with Crippen LogP contribution in [0, 0.1) is 0 Å². The molecule has 0 unspecified atom stereocenters. The lowest BCUT2D eigenvalue weighted by atomic mass is 10.2. The SMILES string of the molecule is O=C(NCCOc1ccc2nnc(-c3ccccc3Cl)n2n1)c1ccccc1Br. The van der Waals surface area contributed by atoms with E-state index in [1.807, 2.05) is 36.4 Å². The molecule has 1 amide bonds. The number of benzene rings is 2. The third-order valence-corrected chi connectivity index (χ3v) is 5.13. The van der Waals surface area contributed by atoms with Gasteiger partial charge in [-0.3, -0.25) is 4.79 Å². The number of carbonyl (C=O) groups excluding carboxylic acids is 1. The monoisotopic (exact) mass is 471 g/mol. The molecule has 0 aliphatic carbocycles. The van der Waals surface area contributed by atoms with Crippen molar-refractivity contribution in [1.29, 1.82) is 0 Å². The molecule has 1 N–H and O–H groups in total. The minimum absolute atomic E-state index is 0.177. The highest BCUT2D eigenvalue weighted by Crippen LogP contribution is 2.26. The van der Waals surface area contributed by atoms with Gasteiger partial charge in [0.2, 0.25) is 5.88 Å². The highest BCUT2D eigenvalue weighted by atomic mass is 79.9. The number of nitrogens with one attached hydrogen (secondary N) is 1. The molecular weight excluding hydrogens is 458 g/mol. The van der Waals surface area contributed by atoms with Gasteiger partial charge in [0.25, 0.3) is 5.91 Å². The van der Waals surface area contributed by atoms with Gasteiger partial charge in [-0.1, -0.05) is 35.9 Å². The number of ether oxygens (including phenoxy) is 1. The highest BCUT2D eigenvalue weighted by molar-refractivity contribution is 9.10. The van der Waals surface area contributed by atoms with Gasteiger partial charge >= 0.3 is 0 Å². The van der Waals surface area contributed by atoms with Crippen LogP contribution in [-0.2, 0) is 0 Å². The van der Waals surface area contributed by atoms with E-state index in [0.29, 0.717) is 34.5 Å². The smallest absolute Gasteiger partial charge is 0.252 e. The van der Waals surface area contributed by atoms with Gasteiger partial charge in [-0.05, 0) is 46.3 Å². The first kappa shape index (κ1) is 19.4. The fraction of sp³-hybridized carbons (Fsp3) is 0.100. The van der Waals surface area contributed by atoms with Crippen LogP contribution in [0.5, 0.6) is 5.88 Å². The van der Waals surface area contributed by atoms with Crippen LogP contribution in [0.4, 0.5) is 0 Å². The van der Waals surface area contributed by atoms with Gasteiger partial charge in [-0.15, -0.1) is 15.3 Å². The van der Waals surface area contributed by atoms with Crippen LogP contribution >= 0.6 is 27.5 Å². The summed E-state index contributed by atoms with van der Waals surface area (Å²) in [5.74, 6) is 0.739. The van der Waals surface area contributed by atoms with Crippen molar-refractivity contribution >= 4 is 39.1 Å². The molecule has 0 radical (unpaired) electrons. The molecule has 0 saturated carbocycles. The summed E-state index contributed by atoms with van der Waals surface area (Å²) in [6, 6.07) is 18.1. The van der Waals surface area contributed by atoms with Crippen LogP contribution in [0.3, 0.4) is 0 Å². The molecule has 29 heavy (non-hydrogen) atoms. The second-order valence-electron chi connectivity index (χ2n) is 6.03. The molecule has 0 aliphatic heterocycles. The van der Waals surface area contributed by atoms with Crippen LogP contribution in [0.2, 0.25) is 5.02 Å². The summed E-state index contributed by atoms with van der Waals surface area (Å²) in [6.45, 7) is 0.595. The molecule has 0 atom stereocenters. The number of hydrogen-bond donors (Lipinski definition) is 1. The first-order valence-electron chi connectivity index (χ1n) is 8.76. The maximum atomic E-state index is 12.2. The fourth-order valence-electron chi connectivity index (χ4n) is 2.72. The summed E-state index contributed by atoms with van der Waals surface area (Å²) in [6.07, 6.45) is 0. The van der Waals surface area contributed by atoms with Crippen molar-refractivity contribution < 1.29 is 9.53 Å². The molecular formula is C20H15BrClN5O2. The zero-order chi connectivity index (χ0) is 20.2. The van der Waals surface area contributed by atoms with Gasteiger partial charge in [0.1, 0.15) is 6.61 Å². The Labute approximate surface area is 179 Å². The van der Waals surface area contributed by atoms with E-state index < -0.39 is 0 Å². The number of halogens is 2. The number of amides is 1. The predicted molar refractivity (Wildman–Crippen MR) is 113 cm³/mol. The molecule has 2 heterocycles. The number of fused-ring (bicyclic) bond motifs is 1. The van der Waals surface area contributed by atoms with E-state index >= 15 is 0 Å². The minimum Gasteiger partial charge on any atom is -0.475 e. The van der Waals surface area contributed by atoms with Crippen LogP contribution in [-0.4, -0.2) is 38.9 Å². The lowest BCUT2D eigenvalue weighted by Gasteiger charge is -2.08. The fourth-order valence-corrected chi connectivity index (χ4v) is 3.41. The van der Waals surface area contributed by atoms with Crippen molar-refractivity contribution in [2.45, 2.75) is 0 Å². The van der Waals surface area contributed by atoms with E-state index in [1.54, 1.807) is 28.8 Å². The predicted octanol–water partition coefficient (Wildman–Crippen LogP) is 4.02. The zero-order valence-corrected chi connectivity index (χ0v) is 17.4. The molecule has 2 aromatic heterocycles. The maximum Gasteiger partial charge on any atom is 0.252 e. The van der Waals surface area contributed by atoms with Crippen molar-refractivity contribution in [2.75, 3.05) is 13.2 Å². The summed E-state index contributed by atoms with van der Waals surface area (Å²) in [4.78, 5) is 12.2. The van der Waals surface area contributed by atoms with Crippen molar-refractivity contribution in [2.24, 2.45) is 0 Å². The van der Waals surface area contributed by atoms with Gasteiger partial charge in [-0.2, -0.15) is 4.52 Å². The van der Waals surface area contributed by atoms with E-state index in [9.17, 15) is 4.79 Å². The molecule has 4 aromatic rings. The number of aromatic nitrogens is 4. The summed E-state index contributed by atoms with van der Waals surface area (Å²) >= 11 is 9.63. The Morgan fingerprint density at radius 2 is 1.86 bits per heavy atom. The molecule has 4 rings (SSSR count). The molecule has 9 heteroatoms. The van der Waals surface area contributed by atoms with Crippen LogP contribution in [0.25, 0.3) is 17.0 Å². The number of rotatable bonds is 6. The third kappa shape index (κ3) is 4.23. The summed E-state index contributed by atoms with van der Waals surface area (Å²) < 4.78 is 7.99. The largest absolute Gasteiger partial charge is 0.475 e. The number of carbonyl (C=O) groups is 1. The molecule has 0 spiro atoms. The van der Waals surface area contributed by atoms with E-state index in [2.05, 4.69) is 36.5 Å². The van der Waals surface area contributed by atoms with Gasteiger partial charge in [-0.25, -0.2) is 0 Å². The molecule has 0 bridgehead atoms. The first-order valence-corrected chi connectivity index (χ1v) is 9.93. The number of hydrogen-bond acceptors (Lipinski definition) is 5. The van der Waals surface area contributed by atoms with E-state index in [4.69, 9.17) is 16.3 Å². The highest BCUT2D eigenvalue weighted by Gasteiger charge is 2.13. The van der Waals surface area contributed by atoms with Crippen molar-refractivity contribution in [3.8, 4) is 17.3 Å². The second kappa shape index (κ2) is 8.59. The summed E-state index contributed by atoms with van der Waals surface area (Å²) in [5.41, 5.74) is 1.88. The van der Waals surface area contributed by atoms with Crippen LogP contribution in [0.1, 0.15) is 10.4 Å². The Bertz CT molecular complexity index is 1180. The molecule has 7 nitrogen and oxygen atoms in total. The van der Waals surface area contributed by atoms with Gasteiger partial charge in [0.15, 0.2) is 11.5 Å². The van der Waals surface area contributed by atoms with Gasteiger partial charge in [0.05, 0.1) is 17.1 Å². The third-order valence-electron chi connectivity index (χ3n) is 4.11. The first-order chi connectivity index (χ1) is 14.1. The van der Waals surface area contributed by atoms with Gasteiger partial charge < -0.3 is 10.1 Å². The van der Waals surface area contributed by atoms with Crippen LogP contribution in [0.15, 0.2) is 65.1 Å². The number of nitrogens with zero attached hydrogens (tertiary/aromatic N) is 4. The average molecular weight is 473 g/mol. The molecule has 2 aromatic carbocycles. The Morgan fingerprint density at radius 1 is 1.07 bits per heavy atom. The Hall–Kier alpha value is -2.97. The normalized spacial score (nSPS) is 10.8. The summed E-state index contributed by atoms with van der Waals surface area (Å²) in [7, 11) is 0. The van der Waals surface area contributed by atoms with Crippen molar-refractivity contribution in [3.63, 3.8) is 0 Å². The lowest BCUT2D eigenvalue weighted by Crippen LogP contribution is -2.28. The Kier molecular flexibility index (Phi) is 5.73. The quantitative estimate of drug-likeness (QED) is 0.429. The topological polar surface area (TPSA) is 81.4 Å². The van der Waals surface area contributed by atoms with Gasteiger partial charge in [0, 0.05) is 16.1 Å². The summed E-state index contributed by atoms with van der Waals surface area (Å²) in [5, 5.41) is 16.1. The molecule has 0 fully saturated rings. The Morgan fingerprint density at radius 3 is 2.69 bits per heavy atom. The van der Waals surface area contributed by atoms with Crippen LogP contribution < -0.4 is 10.1 Å². The Balaban J connectivity index is 1.43. The molecule has 0 saturated heterocycles. The van der Waals surface area contributed by atoms with E-state index in [-0.39, 0.29) is 12.5 Å². The average Bonchev–Trinajstić information content (AvgIpc) is 3.15. The second-order valence-corrected chi connectivity index (χ2v) is 7.29. The zero-order valence-electron chi connectivity index (χ0n) is 15.0. The molecule has 146 valence electrons. The van der Waals surface area contributed by atoms with E-state index in [0.717, 1.165) is 10.0 Å². The van der Waals surface area contributed by atoms with Crippen molar-refractivity contribution in [3.05, 3.63) is 75.7 Å². The van der Waals surface area contributed by atoms with E-state index in [1.165, 1.54) is 0 Å². The van der Waals surface area contributed by atoms with Crippen molar-refractivity contribution in [1.82, 2.24) is 25.1 Å². The standard InChI is InChI=1S/C20H15BrClN5O2/c21-15-7-3-1-5-13(15)20(28)23-11-12-29-18-10-9-17-24-25-19(27(17)26-18)14-6-2-4-8-16(14)22/h1-10H,11-12H2,(H,23,28).